The van der Waals surface area contributed by atoms with Crippen molar-refractivity contribution in [1.29, 1.82) is 0 Å². The van der Waals surface area contributed by atoms with Crippen LogP contribution in [0, 0.1) is 23.3 Å². The first-order chi connectivity index (χ1) is 6.86. The first-order valence-corrected chi connectivity index (χ1v) is 3.51. The highest BCUT2D eigenvalue weighted by Crippen LogP contribution is 2.20. The second-order valence-electron chi connectivity index (χ2n) is 2.51. The largest absolute Gasteiger partial charge is 0.300 e. The van der Waals surface area contributed by atoms with Gasteiger partial charge in [-0.25, -0.2) is 26.3 Å². The number of rotatable bonds is 2. The van der Waals surface area contributed by atoms with Gasteiger partial charge in [0.25, 0.3) is 0 Å². The van der Waals surface area contributed by atoms with E-state index < -0.39 is 41.0 Å². The van der Waals surface area contributed by atoms with Crippen LogP contribution in [0.3, 0.4) is 0 Å². The van der Waals surface area contributed by atoms with E-state index >= 15 is 0 Å². The topological polar surface area (TPSA) is 17.1 Å². The molecule has 0 aliphatic rings. The molecule has 0 aliphatic heterocycles. The molecular weight excluding hydrogens is 226 g/mol. The van der Waals surface area contributed by atoms with Gasteiger partial charge in [-0.3, -0.25) is 4.79 Å². The highest BCUT2D eigenvalue weighted by atomic mass is 19.3. The lowest BCUT2D eigenvalue weighted by molar-refractivity contribution is 0.0672. The maximum Gasteiger partial charge on any atom is 0.300 e. The SMILES string of the molecule is O=C(c1cc(F)c(F)c(F)c1F)C(F)F. The highest BCUT2D eigenvalue weighted by Gasteiger charge is 2.27. The molecule has 0 amide bonds. The van der Waals surface area contributed by atoms with Gasteiger partial charge < -0.3 is 0 Å². The Kier molecular flexibility index (Phi) is 3.01. The summed E-state index contributed by atoms with van der Waals surface area (Å²) in [7, 11) is 0. The predicted octanol–water partition coefficient (Wildman–Crippen LogP) is 2.69. The van der Waals surface area contributed by atoms with Crippen LogP contribution in [0.1, 0.15) is 10.4 Å². The summed E-state index contributed by atoms with van der Waals surface area (Å²) in [4.78, 5) is 10.5. The second-order valence-corrected chi connectivity index (χ2v) is 2.51. The van der Waals surface area contributed by atoms with Crippen molar-refractivity contribution < 1.29 is 31.1 Å². The van der Waals surface area contributed by atoms with Gasteiger partial charge in [-0.15, -0.1) is 0 Å². The van der Waals surface area contributed by atoms with Gasteiger partial charge in [-0.2, -0.15) is 0 Å². The third-order valence-corrected chi connectivity index (χ3v) is 1.57. The molecule has 0 spiro atoms. The number of alkyl halides is 2. The molecule has 0 aromatic heterocycles. The molecule has 0 fully saturated rings. The summed E-state index contributed by atoms with van der Waals surface area (Å²) in [5.41, 5.74) is -1.51. The monoisotopic (exact) mass is 228 g/mol. The highest BCUT2D eigenvalue weighted by molar-refractivity contribution is 5.98. The summed E-state index contributed by atoms with van der Waals surface area (Å²) in [5, 5.41) is 0. The molecule has 0 heterocycles. The lowest BCUT2D eigenvalue weighted by atomic mass is 10.1. The van der Waals surface area contributed by atoms with E-state index in [2.05, 4.69) is 0 Å². The average molecular weight is 228 g/mol. The van der Waals surface area contributed by atoms with Gasteiger partial charge in [0.2, 0.25) is 5.78 Å². The lowest BCUT2D eigenvalue weighted by Crippen LogP contribution is -2.15. The molecule has 0 radical (unpaired) electrons. The van der Waals surface area contributed by atoms with E-state index in [4.69, 9.17) is 0 Å². The van der Waals surface area contributed by atoms with Gasteiger partial charge in [0.1, 0.15) is 0 Å². The van der Waals surface area contributed by atoms with Crippen LogP contribution in [0.15, 0.2) is 6.07 Å². The molecule has 0 atom stereocenters. The third kappa shape index (κ3) is 1.95. The van der Waals surface area contributed by atoms with E-state index in [1.807, 2.05) is 0 Å². The Labute approximate surface area is 79.3 Å². The summed E-state index contributed by atoms with van der Waals surface area (Å²) in [6, 6.07) is -0.109. The van der Waals surface area contributed by atoms with Crippen molar-refractivity contribution in [2.45, 2.75) is 6.43 Å². The molecular formula is C8H2F6O. The van der Waals surface area contributed by atoms with Crippen LogP contribution in [0.4, 0.5) is 26.3 Å². The molecule has 1 nitrogen and oxygen atoms in total. The third-order valence-electron chi connectivity index (χ3n) is 1.57. The van der Waals surface area contributed by atoms with Crippen LogP contribution < -0.4 is 0 Å². The fourth-order valence-electron chi connectivity index (χ4n) is 0.870. The van der Waals surface area contributed by atoms with Gasteiger partial charge in [0, 0.05) is 0 Å². The summed E-state index contributed by atoms with van der Waals surface area (Å²) in [6.45, 7) is 0. The molecule has 1 rings (SSSR count). The molecule has 82 valence electrons. The van der Waals surface area contributed by atoms with Crippen LogP contribution in [0.25, 0.3) is 0 Å². The van der Waals surface area contributed by atoms with Gasteiger partial charge in [-0.05, 0) is 6.07 Å². The van der Waals surface area contributed by atoms with Gasteiger partial charge in [-0.1, -0.05) is 0 Å². The Balaban J connectivity index is 3.39. The maximum atomic E-state index is 12.7. The average Bonchev–Trinajstić information content (AvgIpc) is 2.19. The smallest absolute Gasteiger partial charge is 0.288 e. The van der Waals surface area contributed by atoms with E-state index in [0.717, 1.165) is 0 Å². The number of carbonyl (C=O) groups is 1. The van der Waals surface area contributed by atoms with E-state index in [1.165, 1.54) is 0 Å². The number of ketones is 1. The Morgan fingerprint density at radius 2 is 1.53 bits per heavy atom. The summed E-state index contributed by atoms with van der Waals surface area (Å²) in [5.74, 6) is -10.6. The summed E-state index contributed by atoms with van der Waals surface area (Å²) in [6.07, 6.45) is -3.62. The Hall–Kier alpha value is -1.53. The minimum atomic E-state index is -3.62. The Bertz CT molecular complexity index is 414. The first kappa shape index (κ1) is 11.5. The lowest BCUT2D eigenvalue weighted by Gasteiger charge is -2.03. The normalized spacial score (nSPS) is 10.9. The molecule has 1 aromatic carbocycles. The fraction of sp³-hybridized carbons (Fsp3) is 0.125. The zero-order valence-corrected chi connectivity index (χ0v) is 6.83. The maximum absolute atomic E-state index is 12.7. The number of hydrogen-bond acceptors (Lipinski definition) is 1. The molecule has 1 aromatic rings. The first-order valence-electron chi connectivity index (χ1n) is 3.51. The van der Waals surface area contributed by atoms with Crippen molar-refractivity contribution in [3.63, 3.8) is 0 Å². The minimum absolute atomic E-state index is 0.109. The summed E-state index contributed by atoms with van der Waals surface area (Å²) < 4.78 is 73.6. The Morgan fingerprint density at radius 3 is 2.00 bits per heavy atom. The summed E-state index contributed by atoms with van der Waals surface area (Å²) >= 11 is 0. The van der Waals surface area contributed by atoms with Crippen LogP contribution in [-0.4, -0.2) is 12.2 Å². The standard InChI is InChI=1S/C8H2F6O/c9-3-1-2(7(15)8(13)14)4(10)6(12)5(3)11/h1,8H. The number of hydrogen-bond donors (Lipinski definition) is 0. The van der Waals surface area contributed by atoms with Crippen molar-refractivity contribution in [3.05, 3.63) is 34.9 Å². The zero-order chi connectivity index (χ0) is 11.7. The number of benzene rings is 1. The molecule has 0 saturated carbocycles. The van der Waals surface area contributed by atoms with Crippen molar-refractivity contribution in [3.8, 4) is 0 Å². The molecule has 0 bridgehead atoms. The van der Waals surface area contributed by atoms with Crippen LogP contribution in [0.5, 0.6) is 0 Å². The van der Waals surface area contributed by atoms with Crippen molar-refractivity contribution in [2.24, 2.45) is 0 Å². The van der Waals surface area contributed by atoms with E-state index in [-0.39, 0.29) is 6.07 Å². The number of Topliss-reactive ketones (excluding diaryl/α,β-unsaturated/α-hetero) is 1. The molecule has 0 unspecified atom stereocenters. The fourth-order valence-corrected chi connectivity index (χ4v) is 0.870. The van der Waals surface area contributed by atoms with E-state index in [1.54, 1.807) is 0 Å². The number of halogens is 6. The molecule has 0 aliphatic carbocycles. The van der Waals surface area contributed by atoms with Crippen LogP contribution >= 0.6 is 0 Å². The molecule has 7 heteroatoms. The predicted molar refractivity (Wildman–Crippen MR) is 36.6 cm³/mol. The van der Waals surface area contributed by atoms with Crippen LogP contribution in [0.2, 0.25) is 0 Å². The quantitative estimate of drug-likeness (QED) is 0.329. The van der Waals surface area contributed by atoms with Crippen molar-refractivity contribution in [1.82, 2.24) is 0 Å². The second kappa shape index (κ2) is 3.92. The van der Waals surface area contributed by atoms with E-state index in [0.29, 0.717) is 0 Å². The number of carbonyl (C=O) groups excluding carboxylic acids is 1. The van der Waals surface area contributed by atoms with Crippen molar-refractivity contribution in [2.75, 3.05) is 0 Å². The molecule has 0 saturated heterocycles. The van der Waals surface area contributed by atoms with Crippen molar-refractivity contribution >= 4 is 5.78 Å². The van der Waals surface area contributed by atoms with Gasteiger partial charge in [0.15, 0.2) is 23.3 Å². The Morgan fingerprint density at radius 1 is 1.00 bits per heavy atom. The van der Waals surface area contributed by atoms with E-state index in [9.17, 15) is 31.1 Å². The van der Waals surface area contributed by atoms with Gasteiger partial charge >= 0.3 is 6.43 Å². The zero-order valence-electron chi connectivity index (χ0n) is 6.83. The minimum Gasteiger partial charge on any atom is -0.288 e. The van der Waals surface area contributed by atoms with Gasteiger partial charge in [0.05, 0.1) is 5.56 Å². The molecule has 0 N–H and O–H groups in total. The molecule has 15 heavy (non-hydrogen) atoms. The van der Waals surface area contributed by atoms with Crippen LogP contribution in [-0.2, 0) is 0 Å².